The Kier molecular flexibility index (Phi) is 8.70. The average Bonchev–Trinajstić information content (AvgIpc) is 3.39. The summed E-state index contributed by atoms with van der Waals surface area (Å²) in [5.41, 5.74) is -0.546. The van der Waals surface area contributed by atoms with E-state index in [0.717, 1.165) is 23.9 Å². The molecule has 0 aliphatic carbocycles. The topological polar surface area (TPSA) is 56.1 Å². The Morgan fingerprint density at radius 3 is 2.57 bits per heavy atom. The lowest BCUT2D eigenvalue weighted by atomic mass is 9.92. The third-order valence-corrected chi connectivity index (χ3v) is 8.68. The van der Waals surface area contributed by atoms with Crippen LogP contribution in [0.2, 0.25) is 0 Å². The molecule has 0 radical (unpaired) electrons. The van der Waals surface area contributed by atoms with E-state index >= 15 is 4.39 Å². The first-order valence-corrected chi connectivity index (χ1v) is 14.3. The molecule has 2 aromatic carbocycles. The molecule has 11 heteroatoms. The van der Waals surface area contributed by atoms with Gasteiger partial charge in [0.25, 0.3) is 5.56 Å². The van der Waals surface area contributed by atoms with Crippen molar-refractivity contribution in [3.8, 4) is 16.9 Å². The number of rotatable bonds is 9. The van der Waals surface area contributed by atoms with Crippen LogP contribution in [0.1, 0.15) is 34.0 Å². The number of thioether (sulfide) groups is 1. The zero-order valence-electron chi connectivity index (χ0n) is 22.9. The highest BCUT2D eigenvalue weighted by Gasteiger charge is 2.36. The number of halogens is 5. The summed E-state index contributed by atoms with van der Waals surface area (Å²) in [5.74, 6) is -1.37. The molecule has 1 aliphatic heterocycles. The SMILES string of the molecule is COc1cccc(-c2c(C)c(Cc3c(F)cccc3C(F)(F)F)c3n(c2=O)C(CNCCc2ccccn2)CS3)c1F. The highest BCUT2D eigenvalue weighted by molar-refractivity contribution is 7.99. The molecule has 0 bridgehead atoms. The first kappa shape index (κ1) is 29.8. The second kappa shape index (κ2) is 12.3. The minimum atomic E-state index is -4.78. The fourth-order valence-electron chi connectivity index (χ4n) is 5.32. The van der Waals surface area contributed by atoms with Crippen LogP contribution < -0.4 is 15.6 Å². The fourth-order valence-corrected chi connectivity index (χ4v) is 6.70. The van der Waals surface area contributed by atoms with Crippen LogP contribution in [0.5, 0.6) is 5.75 Å². The third kappa shape index (κ3) is 5.80. The van der Waals surface area contributed by atoms with E-state index in [1.54, 1.807) is 13.1 Å². The number of hydrogen-bond donors (Lipinski definition) is 1. The number of alkyl halides is 3. The molecular weight excluding hydrogens is 573 g/mol. The van der Waals surface area contributed by atoms with Crippen molar-refractivity contribution >= 4 is 11.8 Å². The van der Waals surface area contributed by atoms with Gasteiger partial charge < -0.3 is 10.1 Å². The molecule has 5 nitrogen and oxygen atoms in total. The van der Waals surface area contributed by atoms with E-state index in [1.165, 1.54) is 41.6 Å². The molecule has 3 heterocycles. The molecule has 0 saturated heterocycles. The molecule has 0 saturated carbocycles. The largest absolute Gasteiger partial charge is 0.494 e. The van der Waals surface area contributed by atoms with Crippen LogP contribution in [0.3, 0.4) is 0 Å². The van der Waals surface area contributed by atoms with E-state index in [1.807, 2.05) is 18.2 Å². The standard InChI is InChI=1S/C31H28F5N3O2S/c1-18-22(15-23-24(31(34,35)36)9-6-10-25(23)32)30-39(29(40)27(18)21-8-5-11-26(41-2)28(21)33)20(17-42-30)16-37-14-12-19-7-3-4-13-38-19/h3-11,13,20,37H,12,14-17H2,1-2H3. The summed E-state index contributed by atoms with van der Waals surface area (Å²) in [6.45, 7) is 2.55. The summed E-state index contributed by atoms with van der Waals surface area (Å²) in [4.78, 5) is 18.3. The minimum Gasteiger partial charge on any atom is -0.494 e. The molecule has 42 heavy (non-hydrogen) atoms. The number of pyridine rings is 2. The van der Waals surface area contributed by atoms with E-state index in [-0.39, 0.29) is 22.9 Å². The Hall–Kier alpha value is -3.70. The Bertz CT molecular complexity index is 1660. The van der Waals surface area contributed by atoms with Crippen LogP contribution in [0.15, 0.2) is 70.6 Å². The number of nitrogens with zero attached hydrogens (tertiary/aromatic N) is 2. The van der Waals surface area contributed by atoms with Gasteiger partial charge in [-0.25, -0.2) is 8.78 Å². The molecule has 1 atom stereocenters. The maximum Gasteiger partial charge on any atom is 0.416 e. The van der Waals surface area contributed by atoms with Crippen LogP contribution in [0, 0.1) is 18.6 Å². The van der Waals surface area contributed by atoms with Crippen molar-refractivity contribution in [1.82, 2.24) is 14.9 Å². The van der Waals surface area contributed by atoms with Gasteiger partial charge >= 0.3 is 6.18 Å². The molecular formula is C31H28F5N3O2S. The second-order valence-electron chi connectivity index (χ2n) is 9.96. The summed E-state index contributed by atoms with van der Waals surface area (Å²) < 4.78 is 78.8. The van der Waals surface area contributed by atoms with Gasteiger partial charge in [0.05, 0.1) is 29.3 Å². The van der Waals surface area contributed by atoms with Crippen molar-refractivity contribution < 1.29 is 26.7 Å². The van der Waals surface area contributed by atoms with Crippen molar-refractivity contribution in [3.05, 3.63) is 111 Å². The molecule has 0 fully saturated rings. The first-order valence-electron chi connectivity index (χ1n) is 13.3. The summed E-state index contributed by atoms with van der Waals surface area (Å²) in [6.07, 6.45) is -2.83. The van der Waals surface area contributed by atoms with Gasteiger partial charge in [-0.3, -0.25) is 14.3 Å². The Morgan fingerprint density at radius 1 is 1.07 bits per heavy atom. The van der Waals surface area contributed by atoms with Gasteiger partial charge in [0, 0.05) is 54.7 Å². The molecule has 0 spiro atoms. The lowest BCUT2D eigenvalue weighted by molar-refractivity contribution is -0.138. The monoisotopic (exact) mass is 601 g/mol. The summed E-state index contributed by atoms with van der Waals surface area (Å²) in [6, 6.07) is 12.5. The van der Waals surface area contributed by atoms with Gasteiger partial charge in [-0.15, -0.1) is 11.8 Å². The molecule has 1 aliphatic rings. The molecule has 2 aromatic heterocycles. The van der Waals surface area contributed by atoms with Gasteiger partial charge in [0.15, 0.2) is 11.6 Å². The highest BCUT2D eigenvalue weighted by atomic mass is 32.2. The van der Waals surface area contributed by atoms with Crippen LogP contribution in [0.4, 0.5) is 22.0 Å². The smallest absolute Gasteiger partial charge is 0.416 e. The van der Waals surface area contributed by atoms with Crippen molar-refractivity contribution in [3.63, 3.8) is 0 Å². The van der Waals surface area contributed by atoms with Gasteiger partial charge in [0.1, 0.15) is 5.82 Å². The number of fused-ring (bicyclic) bond motifs is 1. The van der Waals surface area contributed by atoms with E-state index in [4.69, 9.17) is 4.74 Å². The lowest BCUT2D eigenvalue weighted by Gasteiger charge is -2.22. The van der Waals surface area contributed by atoms with Gasteiger partial charge in [-0.1, -0.05) is 24.3 Å². The molecule has 0 amide bonds. The molecule has 1 N–H and O–H groups in total. The maximum atomic E-state index is 15.5. The lowest BCUT2D eigenvalue weighted by Crippen LogP contribution is -2.34. The maximum absolute atomic E-state index is 15.5. The number of nitrogens with one attached hydrogen (secondary N) is 1. The number of methoxy groups -OCH3 is 1. The number of hydrogen-bond acceptors (Lipinski definition) is 5. The fraction of sp³-hybridized carbons (Fsp3) is 0.290. The summed E-state index contributed by atoms with van der Waals surface area (Å²) in [7, 11) is 1.30. The van der Waals surface area contributed by atoms with Gasteiger partial charge in [-0.2, -0.15) is 13.2 Å². The van der Waals surface area contributed by atoms with E-state index in [0.29, 0.717) is 41.4 Å². The molecule has 220 valence electrons. The number of benzene rings is 2. The van der Waals surface area contributed by atoms with Crippen LogP contribution in [-0.4, -0.2) is 35.5 Å². The average molecular weight is 602 g/mol. The minimum absolute atomic E-state index is 0.0102. The quantitative estimate of drug-likeness (QED) is 0.173. The van der Waals surface area contributed by atoms with Gasteiger partial charge in [-0.05, 0) is 48.4 Å². The predicted molar refractivity (Wildman–Crippen MR) is 152 cm³/mol. The first-order chi connectivity index (χ1) is 20.1. The Balaban J connectivity index is 1.60. The van der Waals surface area contributed by atoms with Crippen molar-refractivity contribution in [1.29, 1.82) is 0 Å². The normalized spacial score (nSPS) is 14.7. The molecule has 5 rings (SSSR count). The second-order valence-corrected chi connectivity index (χ2v) is 11.0. The third-order valence-electron chi connectivity index (χ3n) is 7.41. The Morgan fingerprint density at radius 2 is 1.86 bits per heavy atom. The number of ether oxygens (including phenoxy) is 1. The zero-order chi connectivity index (χ0) is 30.0. The zero-order valence-corrected chi connectivity index (χ0v) is 23.7. The van der Waals surface area contributed by atoms with Crippen LogP contribution in [0.25, 0.3) is 11.1 Å². The Labute approximate surface area is 243 Å². The highest BCUT2D eigenvalue weighted by Crippen LogP contribution is 2.42. The van der Waals surface area contributed by atoms with Gasteiger partial charge in [0.2, 0.25) is 0 Å². The molecule has 4 aromatic rings. The number of aromatic nitrogens is 2. The molecule has 1 unspecified atom stereocenters. The van der Waals surface area contributed by atoms with E-state index in [2.05, 4.69) is 10.3 Å². The summed E-state index contributed by atoms with van der Waals surface area (Å²) >= 11 is 1.33. The predicted octanol–water partition coefficient (Wildman–Crippen LogP) is 6.59. The van der Waals surface area contributed by atoms with E-state index < -0.39 is 40.9 Å². The van der Waals surface area contributed by atoms with Crippen LogP contribution >= 0.6 is 11.8 Å². The van der Waals surface area contributed by atoms with E-state index in [9.17, 15) is 22.4 Å². The van der Waals surface area contributed by atoms with Crippen molar-refractivity contribution in [2.75, 3.05) is 26.0 Å². The summed E-state index contributed by atoms with van der Waals surface area (Å²) in [5, 5.41) is 3.79. The van der Waals surface area contributed by atoms with Crippen LogP contribution in [-0.2, 0) is 19.0 Å². The van der Waals surface area contributed by atoms with Crippen molar-refractivity contribution in [2.24, 2.45) is 0 Å². The van der Waals surface area contributed by atoms with Crippen molar-refractivity contribution in [2.45, 2.75) is 37.0 Å².